The average Bonchev–Trinajstić information content (AvgIpc) is 3.35. The molecule has 0 unspecified atom stereocenters. The number of hydrogen-bond donors (Lipinski definition) is 1. The third kappa shape index (κ3) is 3.94. The lowest BCUT2D eigenvalue weighted by atomic mass is 10.1. The van der Waals surface area contributed by atoms with Gasteiger partial charge in [-0.1, -0.05) is 30.0 Å². The minimum Gasteiger partial charge on any atom is -0.494 e. The van der Waals surface area contributed by atoms with Crippen LogP contribution in [0.25, 0.3) is 33.7 Å². The number of aromatic amines is 1. The molecule has 28 heavy (non-hydrogen) atoms. The number of nitrogens with one attached hydrogen (secondary N) is 1. The van der Waals surface area contributed by atoms with E-state index in [2.05, 4.69) is 27.3 Å². The molecule has 0 amide bonds. The molecule has 0 spiro atoms. The van der Waals surface area contributed by atoms with E-state index in [0.717, 1.165) is 27.8 Å². The number of ketones is 1. The van der Waals surface area contributed by atoms with Crippen molar-refractivity contribution in [3.05, 3.63) is 48.5 Å². The third-order valence-electron chi connectivity index (χ3n) is 4.12. The standard InChI is InChI=1S/C21H19N3O3S/c1-3-26-17-7-6-14-4-5-15(10-16(14)11-17)18-8-9-19(27-18)20-22-21(24-23-20)28-12-13(2)25/h4-11H,3,12H2,1-2H3,(H,22,23,24). The Balaban J connectivity index is 1.59. The van der Waals surface area contributed by atoms with Crippen molar-refractivity contribution < 1.29 is 13.9 Å². The van der Waals surface area contributed by atoms with Crippen molar-refractivity contribution in [1.29, 1.82) is 0 Å². The number of carbonyl (C=O) groups is 1. The van der Waals surface area contributed by atoms with Crippen LogP contribution >= 0.6 is 11.8 Å². The maximum Gasteiger partial charge on any atom is 0.197 e. The van der Waals surface area contributed by atoms with E-state index in [9.17, 15) is 4.79 Å². The summed E-state index contributed by atoms with van der Waals surface area (Å²) in [5.74, 6) is 3.18. The molecule has 0 aliphatic carbocycles. The van der Waals surface area contributed by atoms with Crippen molar-refractivity contribution in [3.63, 3.8) is 0 Å². The van der Waals surface area contributed by atoms with E-state index in [1.807, 2.05) is 43.3 Å². The monoisotopic (exact) mass is 393 g/mol. The number of aromatic nitrogens is 3. The zero-order valence-electron chi connectivity index (χ0n) is 15.6. The second-order valence-corrected chi connectivity index (χ2v) is 7.25. The Hall–Kier alpha value is -3.06. The molecule has 6 nitrogen and oxygen atoms in total. The normalized spacial score (nSPS) is 11.1. The number of Topliss-reactive ketones (excluding diaryl/α,β-unsaturated/α-hetero) is 1. The van der Waals surface area contributed by atoms with E-state index < -0.39 is 0 Å². The van der Waals surface area contributed by atoms with Gasteiger partial charge in [0.1, 0.15) is 17.3 Å². The molecule has 1 N–H and O–H groups in total. The summed E-state index contributed by atoms with van der Waals surface area (Å²) in [5.41, 5.74) is 0.970. The van der Waals surface area contributed by atoms with Gasteiger partial charge in [-0.25, -0.2) is 0 Å². The quantitative estimate of drug-likeness (QED) is 0.447. The number of hydrogen-bond acceptors (Lipinski definition) is 6. The maximum absolute atomic E-state index is 11.1. The molecule has 142 valence electrons. The van der Waals surface area contributed by atoms with Crippen molar-refractivity contribution in [2.75, 3.05) is 12.4 Å². The highest BCUT2D eigenvalue weighted by atomic mass is 32.2. The first-order valence-electron chi connectivity index (χ1n) is 8.94. The van der Waals surface area contributed by atoms with Gasteiger partial charge in [-0.2, -0.15) is 0 Å². The SMILES string of the molecule is CCOc1ccc2ccc(-c3ccc(-c4nnc(SCC(C)=O)[nH]4)o3)cc2c1. The van der Waals surface area contributed by atoms with Crippen molar-refractivity contribution in [1.82, 2.24) is 15.2 Å². The van der Waals surface area contributed by atoms with Gasteiger partial charge in [0.2, 0.25) is 0 Å². The van der Waals surface area contributed by atoms with E-state index in [0.29, 0.717) is 29.1 Å². The largest absolute Gasteiger partial charge is 0.494 e. The molecule has 2 heterocycles. The average molecular weight is 393 g/mol. The Morgan fingerprint density at radius 2 is 1.89 bits per heavy atom. The highest BCUT2D eigenvalue weighted by molar-refractivity contribution is 7.99. The summed E-state index contributed by atoms with van der Waals surface area (Å²) in [6.07, 6.45) is 0. The van der Waals surface area contributed by atoms with E-state index in [1.165, 1.54) is 11.8 Å². The number of ether oxygens (including phenoxy) is 1. The first-order chi connectivity index (χ1) is 13.6. The third-order valence-corrected chi connectivity index (χ3v) is 5.13. The lowest BCUT2D eigenvalue weighted by molar-refractivity contribution is -0.114. The first-order valence-corrected chi connectivity index (χ1v) is 9.93. The molecule has 2 aromatic heterocycles. The smallest absolute Gasteiger partial charge is 0.197 e. The summed E-state index contributed by atoms with van der Waals surface area (Å²) in [4.78, 5) is 14.2. The number of fused-ring (bicyclic) bond motifs is 1. The fourth-order valence-electron chi connectivity index (χ4n) is 2.85. The number of carbonyl (C=O) groups excluding carboxylic acids is 1. The Morgan fingerprint density at radius 1 is 1.07 bits per heavy atom. The number of rotatable bonds is 7. The topological polar surface area (TPSA) is 81.0 Å². The van der Waals surface area contributed by atoms with Gasteiger partial charge in [-0.3, -0.25) is 4.79 Å². The van der Waals surface area contributed by atoms with Gasteiger partial charge >= 0.3 is 0 Å². The Labute approximate surface area is 166 Å². The van der Waals surface area contributed by atoms with E-state index in [4.69, 9.17) is 9.15 Å². The van der Waals surface area contributed by atoms with Gasteiger partial charge in [0.05, 0.1) is 12.4 Å². The lowest BCUT2D eigenvalue weighted by Gasteiger charge is -2.06. The zero-order chi connectivity index (χ0) is 19.5. The molecule has 0 atom stereocenters. The molecule has 0 fully saturated rings. The summed E-state index contributed by atoms with van der Waals surface area (Å²) in [5, 5.41) is 11.0. The van der Waals surface area contributed by atoms with Crippen LogP contribution in [-0.2, 0) is 4.79 Å². The number of thioether (sulfide) groups is 1. The van der Waals surface area contributed by atoms with Gasteiger partial charge in [0, 0.05) is 5.56 Å². The Kier molecular flexibility index (Phi) is 5.16. The van der Waals surface area contributed by atoms with Crippen LogP contribution in [0.4, 0.5) is 0 Å². The van der Waals surface area contributed by atoms with Crippen LogP contribution in [0.1, 0.15) is 13.8 Å². The molecule has 2 aromatic carbocycles. The highest BCUT2D eigenvalue weighted by Crippen LogP contribution is 2.31. The van der Waals surface area contributed by atoms with Crippen molar-refractivity contribution in [2.24, 2.45) is 0 Å². The first kappa shape index (κ1) is 18.3. The molecule has 0 bridgehead atoms. The summed E-state index contributed by atoms with van der Waals surface area (Å²) < 4.78 is 11.6. The molecule has 0 saturated heterocycles. The molecule has 0 saturated carbocycles. The van der Waals surface area contributed by atoms with Crippen LogP contribution in [0.2, 0.25) is 0 Å². The fourth-order valence-corrected chi connectivity index (χ4v) is 3.45. The second-order valence-electron chi connectivity index (χ2n) is 6.29. The van der Waals surface area contributed by atoms with Crippen LogP contribution in [0, 0.1) is 0 Å². The minimum atomic E-state index is 0.0898. The van der Waals surface area contributed by atoms with Crippen molar-refractivity contribution in [2.45, 2.75) is 19.0 Å². The van der Waals surface area contributed by atoms with Crippen LogP contribution in [0.3, 0.4) is 0 Å². The molecule has 7 heteroatoms. The number of H-pyrrole nitrogens is 1. The van der Waals surface area contributed by atoms with Crippen LogP contribution in [-0.4, -0.2) is 33.3 Å². The fraction of sp³-hybridized carbons (Fsp3) is 0.190. The molecule has 4 aromatic rings. The molecule has 0 aliphatic rings. The summed E-state index contributed by atoms with van der Waals surface area (Å²) in [6.45, 7) is 4.15. The number of furan rings is 1. The number of nitrogens with zero attached hydrogens (tertiary/aromatic N) is 2. The molecule has 4 rings (SSSR count). The van der Waals surface area contributed by atoms with Gasteiger partial charge in [0.15, 0.2) is 16.7 Å². The molecular formula is C21H19N3O3S. The van der Waals surface area contributed by atoms with Crippen molar-refractivity contribution >= 4 is 28.3 Å². The summed E-state index contributed by atoms with van der Waals surface area (Å²) in [7, 11) is 0. The van der Waals surface area contributed by atoms with E-state index >= 15 is 0 Å². The minimum absolute atomic E-state index is 0.0898. The van der Waals surface area contributed by atoms with Gasteiger partial charge in [0.25, 0.3) is 0 Å². The van der Waals surface area contributed by atoms with Crippen LogP contribution in [0.15, 0.2) is 58.1 Å². The Morgan fingerprint density at radius 3 is 2.71 bits per heavy atom. The Bertz CT molecular complexity index is 1130. The highest BCUT2D eigenvalue weighted by Gasteiger charge is 2.12. The molecule has 0 aliphatic heterocycles. The predicted molar refractivity (Wildman–Crippen MR) is 110 cm³/mol. The predicted octanol–water partition coefficient (Wildman–Crippen LogP) is 4.96. The summed E-state index contributed by atoms with van der Waals surface area (Å²) in [6, 6.07) is 16.0. The molecule has 0 radical (unpaired) electrons. The van der Waals surface area contributed by atoms with Crippen molar-refractivity contribution in [3.8, 4) is 28.7 Å². The maximum atomic E-state index is 11.1. The second kappa shape index (κ2) is 7.90. The van der Waals surface area contributed by atoms with Gasteiger partial charge < -0.3 is 14.1 Å². The number of benzene rings is 2. The summed E-state index contributed by atoms with van der Waals surface area (Å²) >= 11 is 1.32. The van der Waals surface area contributed by atoms with E-state index in [1.54, 1.807) is 6.92 Å². The lowest BCUT2D eigenvalue weighted by Crippen LogP contribution is -1.93. The van der Waals surface area contributed by atoms with E-state index in [-0.39, 0.29) is 5.78 Å². The van der Waals surface area contributed by atoms with Crippen LogP contribution in [0.5, 0.6) is 5.75 Å². The van der Waals surface area contributed by atoms with Gasteiger partial charge in [-0.05, 0) is 55.0 Å². The van der Waals surface area contributed by atoms with Gasteiger partial charge in [-0.15, -0.1) is 10.2 Å². The zero-order valence-corrected chi connectivity index (χ0v) is 16.4. The molecular weight excluding hydrogens is 374 g/mol. The van der Waals surface area contributed by atoms with Crippen LogP contribution < -0.4 is 4.74 Å².